The Bertz CT molecular complexity index is 1120. The van der Waals surface area contributed by atoms with Crippen LogP contribution in [0, 0.1) is 0 Å². The van der Waals surface area contributed by atoms with Crippen molar-refractivity contribution < 1.29 is 38.1 Å². The minimum Gasteiger partial charge on any atom is -0.493 e. The van der Waals surface area contributed by atoms with Crippen LogP contribution in [0.5, 0.6) is 23.0 Å². The highest BCUT2D eigenvalue weighted by atomic mass is 16.5. The molecule has 0 spiro atoms. The lowest BCUT2D eigenvalue weighted by Gasteiger charge is -2.46. The van der Waals surface area contributed by atoms with E-state index in [1.165, 1.54) is 5.56 Å². The van der Waals surface area contributed by atoms with Crippen molar-refractivity contribution in [2.75, 3.05) is 55.2 Å². The van der Waals surface area contributed by atoms with Gasteiger partial charge in [0.15, 0.2) is 28.8 Å². The standard InChI is InChI=1S/C30H42NO7/c1-31(15-13-26(34)25(33)9-7-6-8-16-32)14-12-22-19-29(37-4)30(38-5)20-23(22)24(31)17-21-10-11-27(35-2)28(18-21)36-3/h10-11,18-20,24,32H,6-9,12-17H2,1-5H3/q+1/t24-,31-/m1/s1. The first-order valence-corrected chi connectivity index (χ1v) is 13.3. The van der Waals surface area contributed by atoms with E-state index in [1.54, 1.807) is 28.4 Å². The third-order valence-electron chi connectivity index (χ3n) is 7.75. The molecule has 0 fully saturated rings. The number of nitrogens with zero attached hydrogens (tertiary/aromatic N) is 1. The molecule has 208 valence electrons. The molecule has 2 aromatic carbocycles. The molecule has 38 heavy (non-hydrogen) atoms. The minimum absolute atomic E-state index is 0.0316. The molecule has 8 nitrogen and oxygen atoms in total. The number of methoxy groups -OCH3 is 4. The summed E-state index contributed by atoms with van der Waals surface area (Å²) >= 11 is 0. The lowest BCUT2D eigenvalue weighted by molar-refractivity contribution is -0.940. The molecule has 0 unspecified atom stereocenters. The first kappa shape index (κ1) is 29.5. The largest absolute Gasteiger partial charge is 0.493 e. The second-order valence-corrected chi connectivity index (χ2v) is 10.1. The summed E-state index contributed by atoms with van der Waals surface area (Å²) in [5.41, 5.74) is 3.45. The molecule has 0 aliphatic carbocycles. The molecule has 1 N–H and O–H groups in total. The number of aliphatic hydroxyl groups is 1. The molecule has 0 radical (unpaired) electrons. The number of hydrogen-bond acceptors (Lipinski definition) is 7. The van der Waals surface area contributed by atoms with Crippen molar-refractivity contribution in [2.45, 2.75) is 51.0 Å². The third-order valence-corrected chi connectivity index (χ3v) is 7.75. The first-order chi connectivity index (χ1) is 18.3. The van der Waals surface area contributed by atoms with E-state index in [9.17, 15) is 9.59 Å². The summed E-state index contributed by atoms with van der Waals surface area (Å²) in [5, 5.41) is 8.93. The first-order valence-electron chi connectivity index (χ1n) is 13.3. The summed E-state index contributed by atoms with van der Waals surface area (Å²) < 4.78 is 22.8. The van der Waals surface area contributed by atoms with Gasteiger partial charge in [-0.2, -0.15) is 0 Å². The fourth-order valence-electron chi connectivity index (χ4n) is 5.37. The van der Waals surface area contributed by atoms with Gasteiger partial charge in [-0.15, -0.1) is 0 Å². The molecule has 1 aliphatic rings. The van der Waals surface area contributed by atoms with E-state index in [0.29, 0.717) is 53.3 Å². The van der Waals surface area contributed by atoms with Gasteiger partial charge in [0.2, 0.25) is 5.78 Å². The topological polar surface area (TPSA) is 91.3 Å². The number of rotatable bonds is 15. The fraction of sp³-hybridized carbons (Fsp3) is 0.533. The zero-order valence-electron chi connectivity index (χ0n) is 23.4. The molecule has 1 heterocycles. The highest BCUT2D eigenvalue weighted by Crippen LogP contribution is 2.43. The summed E-state index contributed by atoms with van der Waals surface area (Å²) in [6.07, 6.45) is 4.03. The third kappa shape index (κ3) is 6.85. The van der Waals surface area contributed by atoms with Gasteiger partial charge in [0.05, 0.1) is 55.0 Å². The van der Waals surface area contributed by atoms with Crippen LogP contribution < -0.4 is 18.9 Å². The predicted molar refractivity (Wildman–Crippen MR) is 145 cm³/mol. The molecule has 2 aromatic rings. The van der Waals surface area contributed by atoms with Gasteiger partial charge in [0.25, 0.3) is 0 Å². The Morgan fingerprint density at radius 2 is 1.47 bits per heavy atom. The Morgan fingerprint density at radius 3 is 2.13 bits per heavy atom. The maximum atomic E-state index is 12.8. The van der Waals surface area contributed by atoms with E-state index in [4.69, 9.17) is 24.1 Å². The van der Waals surface area contributed by atoms with E-state index in [0.717, 1.165) is 30.5 Å². The average Bonchev–Trinajstić information content (AvgIpc) is 2.94. The molecule has 2 atom stereocenters. The average molecular weight is 529 g/mol. The Hall–Kier alpha value is -3.10. The quantitative estimate of drug-likeness (QED) is 0.212. The maximum Gasteiger partial charge on any atom is 0.203 e. The number of benzene rings is 2. The fourth-order valence-corrected chi connectivity index (χ4v) is 5.37. The Labute approximate surface area is 226 Å². The van der Waals surface area contributed by atoms with Crippen LogP contribution in [0.3, 0.4) is 0 Å². The molecule has 3 rings (SSSR count). The molecular weight excluding hydrogens is 486 g/mol. The zero-order valence-corrected chi connectivity index (χ0v) is 23.4. The lowest BCUT2D eigenvalue weighted by atomic mass is 9.86. The van der Waals surface area contributed by atoms with E-state index < -0.39 is 0 Å². The number of likely N-dealkylation sites (N-methyl/N-ethyl adjacent to an activating group) is 1. The zero-order chi connectivity index (χ0) is 27.7. The number of hydrogen-bond donors (Lipinski definition) is 1. The van der Waals surface area contributed by atoms with E-state index in [2.05, 4.69) is 19.2 Å². The smallest absolute Gasteiger partial charge is 0.203 e. The Balaban J connectivity index is 1.90. The van der Waals surface area contributed by atoms with Crippen LogP contribution in [0.4, 0.5) is 0 Å². The minimum atomic E-state index is -0.310. The highest BCUT2D eigenvalue weighted by molar-refractivity contribution is 6.37. The van der Waals surface area contributed by atoms with Crippen molar-refractivity contribution in [3.8, 4) is 23.0 Å². The summed E-state index contributed by atoms with van der Waals surface area (Å²) in [4.78, 5) is 25.2. The number of quaternary nitrogens is 1. The number of Topliss-reactive ketones (excluding diaryl/α,β-unsaturated/α-hetero) is 2. The van der Waals surface area contributed by atoms with Crippen LogP contribution in [0.2, 0.25) is 0 Å². The summed E-state index contributed by atoms with van der Waals surface area (Å²) in [6.45, 7) is 1.50. The van der Waals surface area contributed by atoms with Crippen LogP contribution in [-0.4, -0.2) is 76.3 Å². The van der Waals surface area contributed by atoms with Gasteiger partial charge in [-0.25, -0.2) is 0 Å². The van der Waals surface area contributed by atoms with Gasteiger partial charge in [-0.05, 0) is 48.2 Å². The normalized spacial score (nSPS) is 18.4. The van der Waals surface area contributed by atoms with Crippen LogP contribution in [-0.2, 0) is 22.4 Å². The summed E-state index contributed by atoms with van der Waals surface area (Å²) in [6, 6.07) is 10.1. The van der Waals surface area contributed by atoms with Crippen LogP contribution >= 0.6 is 0 Å². The number of fused-ring (bicyclic) bond motifs is 1. The number of ketones is 2. The van der Waals surface area contributed by atoms with Crippen molar-refractivity contribution in [1.29, 1.82) is 0 Å². The van der Waals surface area contributed by atoms with Gasteiger partial charge in [-0.3, -0.25) is 9.59 Å². The van der Waals surface area contributed by atoms with Gasteiger partial charge in [-0.1, -0.05) is 12.5 Å². The van der Waals surface area contributed by atoms with Gasteiger partial charge in [0, 0.05) is 31.4 Å². The number of aliphatic hydroxyl groups excluding tert-OH is 1. The molecule has 0 aromatic heterocycles. The summed E-state index contributed by atoms with van der Waals surface area (Å²) in [7, 11) is 8.69. The SMILES string of the molecule is COc1ccc(C[C@@H]2c3cc(OC)c(OC)cc3CC[N@+]2(C)CCC(=O)C(=O)CCCCCO)cc1OC. The van der Waals surface area contributed by atoms with Crippen molar-refractivity contribution in [1.82, 2.24) is 0 Å². The van der Waals surface area contributed by atoms with Crippen molar-refractivity contribution >= 4 is 11.6 Å². The Kier molecular flexibility index (Phi) is 10.6. The van der Waals surface area contributed by atoms with Gasteiger partial charge < -0.3 is 28.5 Å². The number of ether oxygens (including phenoxy) is 4. The molecule has 0 saturated carbocycles. The van der Waals surface area contributed by atoms with Crippen LogP contribution in [0.25, 0.3) is 0 Å². The monoisotopic (exact) mass is 528 g/mol. The van der Waals surface area contributed by atoms with Crippen molar-refractivity contribution in [3.05, 3.63) is 47.0 Å². The van der Waals surface area contributed by atoms with E-state index in [-0.39, 0.29) is 37.1 Å². The predicted octanol–water partition coefficient (Wildman–Crippen LogP) is 4.09. The molecule has 1 aliphatic heterocycles. The number of carbonyl (C=O) groups is 2. The molecular formula is C30H42NO7+. The lowest BCUT2D eigenvalue weighted by Crippen LogP contribution is -2.53. The highest BCUT2D eigenvalue weighted by Gasteiger charge is 2.40. The van der Waals surface area contributed by atoms with Crippen molar-refractivity contribution in [3.63, 3.8) is 0 Å². The summed E-state index contributed by atoms with van der Waals surface area (Å²) in [5.74, 6) is 2.10. The second-order valence-electron chi connectivity index (χ2n) is 10.1. The van der Waals surface area contributed by atoms with Crippen LogP contribution in [0.1, 0.15) is 54.8 Å². The molecule has 0 saturated heterocycles. The maximum absolute atomic E-state index is 12.8. The van der Waals surface area contributed by atoms with Gasteiger partial charge >= 0.3 is 0 Å². The van der Waals surface area contributed by atoms with Crippen molar-refractivity contribution in [2.24, 2.45) is 0 Å². The number of unbranched alkanes of at least 4 members (excludes halogenated alkanes) is 2. The van der Waals surface area contributed by atoms with Crippen LogP contribution in [0.15, 0.2) is 30.3 Å². The molecule has 8 heteroatoms. The second kappa shape index (κ2) is 13.6. The molecule has 0 amide bonds. The van der Waals surface area contributed by atoms with E-state index in [1.807, 2.05) is 18.2 Å². The van der Waals surface area contributed by atoms with Gasteiger partial charge in [0.1, 0.15) is 6.04 Å². The molecule has 0 bridgehead atoms. The Morgan fingerprint density at radius 1 is 0.842 bits per heavy atom. The number of carbonyl (C=O) groups excluding carboxylic acids is 2. The van der Waals surface area contributed by atoms with E-state index >= 15 is 0 Å².